The van der Waals surface area contributed by atoms with Crippen molar-refractivity contribution in [3.63, 3.8) is 0 Å². The fraction of sp³-hybridized carbons (Fsp3) is 0.125. The van der Waals surface area contributed by atoms with Crippen molar-refractivity contribution < 1.29 is 19.4 Å². The van der Waals surface area contributed by atoms with Crippen LogP contribution in [0.3, 0.4) is 0 Å². The number of rotatable bonds is 4. The normalized spacial score (nSPS) is 11.5. The number of carbonyl (C=O) groups excluding carboxylic acids is 2. The molecule has 0 aliphatic carbocycles. The topological polar surface area (TPSA) is 75.6 Å². The first-order valence-electron chi connectivity index (χ1n) is 6.52. The van der Waals surface area contributed by atoms with Gasteiger partial charge in [-0.2, -0.15) is 0 Å². The van der Waals surface area contributed by atoms with Crippen LogP contribution in [-0.4, -0.2) is 23.1 Å². The van der Waals surface area contributed by atoms with Crippen molar-refractivity contribution in [1.29, 1.82) is 0 Å². The van der Waals surface area contributed by atoms with Crippen molar-refractivity contribution in [3.05, 3.63) is 59.1 Å². The summed E-state index contributed by atoms with van der Waals surface area (Å²) in [5.41, 5.74) is 0.723. The highest BCUT2D eigenvalue weighted by Gasteiger charge is 2.19. The largest absolute Gasteiger partial charge is 0.508 e. The Labute approximate surface area is 132 Å². The summed E-state index contributed by atoms with van der Waals surface area (Å²) in [5.74, 6) is -1.20. The number of phenols is 1. The fourth-order valence-corrected chi connectivity index (χ4v) is 1.82. The van der Waals surface area contributed by atoms with E-state index in [0.717, 1.165) is 0 Å². The summed E-state index contributed by atoms with van der Waals surface area (Å²) in [4.78, 5) is 23.8. The van der Waals surface area contributed by atoms with Gasteiger partial charge in [-0.1, -0.05) is 17.7 Å². The molecule has 6 heteroatoms. The molecule has 2 rings (SSSR count). The monoisotopic (exact) mass is 319 g/mol. The SMILES string of the molecule is C[C@H](OC(=O)c1cccc(O)c1)C(=O)Nc1ccc(Cl)cc1. The molecular weight excluding hydrogens is 306 g/mol. The van der Waals surface area contributed by atoms with Gasteiger partial charge in [0.15, 0.2) is 6.10 Å². The first-order chi connectivity index (χ1) is 10.5. The van der Waals surface area contributed by atoms with E-state index >= 15 is 0 Å². The molecule has 2 N–H and O–H groups in total. The lowest BCUT2D eigenvalue weighted by Gasteiger charge is -2.13. The van der Waals surface area contributed by atoms with Crippen LogP contribution in [0.1, 0.15) is 17.3 Å². The summed E-state index contributed by atoms with van der Waals surface area (Å²) in [5, 5.41) is 12.5. The second-order valence-corrected chi connectivity index (χ2v) is 5.03. The minimum atomic E-state index is -0.981. The first-order valence-corrected chi connectivity index (χ1v) is 6.90. The predicted molar refractivity (Wildman–Crippen MR) is 83.1 cm³/mol. The number of aromatic hydroxyl groups is 1. The Hall–Kier alpha value is -2.53. The van der Waals surface area contributed by atoms with Gasteiger partial charge in [0.2, 0.25) is 0 Å². The number of benzene rings is 2. The third kappa shape index (κ3) is 4.23. The third-order valence-electron chi connectivity index (χ3n) is 2.85. The molecule has 2 aromatic carbocycles. The average Bonchev–Trinajstić information content (AvgIpc) is 2.49. The summed E-state index contributed by atoms with van der Waals surface area (Å²) in [6.45, 7) is 1.46. The molecule has 0 fully saturated rings. The molecule has 0 radical (unpaired) electrons. The number of amides is 1. The number of esters is 1. The van der Waals surface area contributed by atoms with Crippen LogP contribution >= 0.6 is 11.6 Å². The van der Waals surface area contributed by atoms with Gasteiger partial charge in [0.25, 0.3) is 5.91 Å². The zero-order valence-corrected chi connectivity index (χ0v) is 12.5. The van der Waals surface area contributed by atoms with Crippen LogP contribution in [0.5, 0.6) is 5.75 Å². The Kier molecular flexibility index (Phi) is 5.01. The second-order valence-electron chi connectivity index (χ2n) is 4.59. The molecule has 0 spiro atoms. The van der Waals surface area contributed by atoms with Gasteiger partial charge in [0, 0.05) is 10.7 Å². The average molecular weight is 320 g/mol. The maximum Gasteiger partial charge on any atom is 0.339 e. The molecule has 0 aliphatic heterocycles. The highest BCUT2D eigenvalue weighted by atomic mass is 35.5. The van der Waals surface area contributed by atoms with Gasteiger partial charge in [-0.15, -0.1) is 0 Å². The van der Waals surface area contributed by atoms with Gasteiger partial charge in [-0.25, -0.2) is 4.79 Å². The molecule has 0 heterocycles. The number of ether oxygens (including phenoxy) is 1. The number of nitrogens with one attached hydrogen (secondary N) is 1. The highest BCUT2D eigenvalue weighted by molar-refractivity contribution is 6.30. The minimum Gasteiger partial charge on any atom is -0.508 e. The van der Waals surface area contributed by atoms with Crippen molar-refractivity contribution in [3.8, 4) is 5.75 Å². The van der Waals surface area contributed by atoms with Gasteiger partial charge >= 0.3 is 5.97 Å². The molecule has 0 aliphatic rings. The van der Waals surface area contributed by atoms with Gasteiger partial charge in [0.1, 0.15) is 5.75 Å². The second kappa shape index (κ2) is 6.95. The van der Waals surface area contributed by atoms with E-state index in [-0.39, 0.29) is 11.3 Å². The van der Waals surface area contributed by atoms with Gasteiger partial charge < -0.3 is 15.2 Å². The van der Waals surface area contributed by atoms with Crippen LogP contribution < -0.4 is 5.32 Å². The molecule has 2 aromatic rings. The molecule has 0 saturated carbocycles. The van der Waals surface area contributed by atoms with E-state index in [4.69, 9.17) is 16.3 Å². The molecule has 22 heavy (non-hydrogen) atoms. The van der Waals surface area contributed by atoms with Gasteiger partial charge in [-0.3, -0.25) is 4.79 Å². The molecule has 0 bridgehead atoms. The maximum atomic E-state index is 12.0. The number of hydrogen-bond donors (Lipinski definition) is 2. The lowest BCUT2D eigenvalue weighted by molar-refractivity contribution is -0.123. The standard InChI is InChI=1S/C16H14ClNO4/c1-10(15(20)18-13-7-5-12(17)6-8-13)22-16(21)11-3-2-4-14(19)9-11/h2-10,19H,1H3,(H,18,20)/t10-/m0/s1. The Morgan fingerprint density at radius 3 is 2.50 bits per heavy atom. The molecule has 114 valence electrons. The smallest absolute Gasteiger partial charge is 0.339 e. The maximum absolute atomic E-state index is 12.0. The lowest BCUT2D eigenvalue weighted by Crippen LogP contribution is -2.29. The van der Waals surface area contributed by atoms with E-state index in [2.05, 4.69) is 5.32 Å². The number of anilines is 1. The number of carbonyl (C=O) groups is 2. The van der Waals surface area contributed by atoms with Crippen molar-refractivity contribution in [2.75, 3.05) is 5.32 Å². The van der Waals surface area contributed by atoms with Crippen LogP contribution in [0, 0.1) is 0 Å². The summed E-state index contributed by atoms with van der Waals surface area (Å²) in [6, 6.07) is 12.3. The molecular formula is C16H14ClNO4. The fourth-order valence-electron chi connectivity index (χ4n) is 1.69. The minimum absolute atomic E-state index is 0.0484. The zero-order valence-electron chi connectivity index (χ0n) is 11.7. The number of halogens is 1. The Morgan fingerprint density at radius 1 is 1.18 bits per heavy atom. The zero-order chi connectivity index (χ0) is 16.1. The summed E-state index contributed by atoms with van der Waals surface area (Å²) < 4.78 is 5.06. The van der Waals surface area contributed by atoms with Crippen LogP contribution in [0.15, 0.2) is 48.5 Å². The van der Waals surface area contributed by atoms with Crippen LogP contribution in [0.2, 0.25) is 5.02 Å². The predicted octanol–water partition coefficient (Wildman–Crippen LogP) is 3.23. The van der Waals surface area contributed by atoms with Gasteiger partial charge in [0.05, 0.1) is 5.56 Å². The van der Waals surface area contributed by atoms with E-state index in [0.29, 0.717) is 10.7 Å². The van der Waals surface area contributed by atoms with Crippen molar-refractivity contribution in [2.24, 2.45) is 0 Å². The molecule has 5 nitrogen and oxygen atoms in total. The number of phenolic OH excluding ortho intramolecular Hbond substituents is 1. The van der Waals surface area contributed by atoms with E-state index < -0.39 is 18.0 Å². The number of hydrogen-bond acceptors (Lipinski definition) is 4. The Balaban J connectivity index is 1.96. The third-order valence-corrected chi connectivity index (χ3v) is 3.10. The van der Waals surface area contributed by atoms with Crippen LogP contribution in [0.25, 0.3) is 0 Å². The Bertz CT molecular complexity index is 685. The molecule has 0 aromatic heterocycles. The summed E-state index contributed by atoms with van der Waals surface area (Å²) in [7, 11) is 0. The Morgan fingerprint density at radius 2 is 1.86 bits per heavy atom. The van der Waals surface area contributed by atoms with Crippen molar-refractivity contribution in [2.45, 2.75) is 13.0 Å². The summed E-state index contributed by atoms with van der Waals surface area (Å²) >= 11 is 5.76. The van der Waals surface area contributed by atoms with Crippen LogP contribution in [0.4, 0.5) is 5.69 Å². The van der Waals surface area contributed by atoms with E-state index in [1.165, 1.54) is 31.2 Å². The molecule has 0 unspecified atom stereocenters. The van der Waals surface area contributed by atoms with E-state index in [9.17, 15) is 14.7 Å². The lowest BCUT2D eigenvalue weighted by atomic mass is 10.2. The summed E-state index contributed by atoms with van der Waals surface area (Å²) in [6.07, 6.45) is -0.981. The van der Waals surface area contributed by atoms with Crippen molar-refractivity contribution >= 4 is 29.2 Å². The highest BCUT2D eigenvalue weighted by Crippen LogP contribution is 2.15. The molecule has 1 atom stereocenters. The van der Waals surface area contributed by atoms with E-state index in [1.807, 2.05) is 0 Å². The molecule has 0 saturated heterocycles. The first kappa shape index (κ1) is 15.9. The molecule has 1 amide bonds. The van der Waals surface area contributed by atoms with Gasteiger partial charge in [-0.05, 0) is 49.4 Å². The van der Waals surface area contributed by atoms with Crippen LogP contribution in [-0.2, 0) is 9.53 Å². The van der Waals surface area contributed by atoms with Crippen molar-refractivity contribution in [1.82, 2.24) is 0 Å². The van der Waals surface area contributed by atoms with E-state index in [1.54, 1.807) is 24.3 Å². The quantitative estimate of drug-likeness (QED) is 0.848.